The molecule has 2 amide bonds. The number of carbonyl (C=O) groups is 2. The Balaban J connectivity index is 1.46. The monoisotopic (exact) mass is 484 g/mol. The second-order valence-electron chi connectivity index (χ2n) is 8.03. The number of hydrogen-bond donors (Lipinski definition) is 3. The van der Waals surface area contributed by atoms with Gasteiger partial charge in [0.05, 0.1) is 18.0 Å². The van der Waals surface area contributed by atoms with Gasteiger partial charge in [0, 0.05) is 39.3 Å². The highest BCUT2D eigenvalue weighted by atomic mass is 19.4. The van der Waals surface area contributed by atoms with Crippen LogP contribution >= 0.6 is 0 Å². The second kappa shape index (κ2) is 9.37. The number of nitrogens with zero attached hydrogens (tertiary/aromatic N) is 5. The molecule has 2 aromatic rings. The summed E-state index contributed by atoms with van der Waals surface area (Å²) in [7, 11) is 0. The summed E-state index contributed by atoms with van der Waals surface area (Å²) in [5, 5.41) is 21.1. The molecule has 11 nitrogen and oxygen atoms in total. The molecule has 184 valence electrons. The van der Waals surface area contributed by atoms with E-state index in [0.717, 1.165) is 0 Å². The van der Waals surface area contributed by atoms with Crippen molar-refractivity contribution in [2.24, 2.45) is 0 Å². The van der Waals surface area contributed by atoms with Crippen LogP contribution in [0.4, 0.5) is 35.5 Å². The summed E-state index contributed by atoms with van der Waals surface area (Å²) in [5.41, 5.74) is -1.29. The molecule has 3 N–H and O–H groups in total. The molecule has 4 rings (SSSR count). The number of piperidine rings is 1. The summed E-state index contributed by atoms with van der Waals surface area (Å²) in [5.74, 6) is -1.56. The molecule has 2 saturated heterocycles. The number of aliphatic hydroxyl groups is 1. The number of halogens is 3. The first-order valence-corrected chi connectivity index (χ1v) is 10.6. The van der Waals surface area contributed by atoms with E-state index in [4.69, 9.17) is 9.52 Å². The molecular weight excluding hydrogens is 461 g/mol. The van der Waals surface area contributed by atoms with E-state index in [0.29, 0.717) is 51.4 Å². The normalized spacial score (nSPS) is 19.3. The Morgan fingerprint density at radius 1 is 1.12 bits per heavy atom. The van der Waals surface area contributed by atoms with Gasteiger partial charge in [0.1, 0.15) is 5.82 Å². The van der Waals surface area contributed by atoms with Gasteiger partial charge in [0.25, 0.3) is 11.9 Å². The Morgan fingerprint density at radius 3 is 2.44 bits per heavy atom. The minimum atomic E-state index is -4.91. The Morgan fingerprint density at radius 2 is 1.85 bits per heavy atom. The molecule has 0 aromatic carbocycles. The third-order valence-electron chi connectivity index (χ3n) is 5.64. The van der Waals surface area contributed by atoms with Crippen LogP contribution < -0.4 is 15.1 Å². The standard InChI is InChI=1S/C20H23F3N6O5/c21-20(22,23)16-15(34-18(26-16)29-5-1-2-13(30)11-29)17(31)25-12-3-4-14(24-10-12)27-6-8-28(9-7-27)19(32)33/h3-4,10,13,30H,1-2,5-9,11H2,(H,25,31)(H,32,33). The van der Waals surface area contributed by atoms with E-state index < -0.39 is 35.7 Å². The van der Waals surface area contributed by atoms with Gasteiger partial charge in [-0.3, -0.25) is 4.79 Å². The molecule has 0 saturated carbocycles. The van der Waals surface area contributed by atoms with Crippen molar-refractivity contribution in [2.45, 2.75) is 25.1 Å². The molecule has 34 heavy (non-hydrogen) atoms. The summed E-state index contributed by atoms with van der Waals surface area (Å²) in [6.45, 7) is 1.92. The fourth-order valence-electron chi connectivity index (χ4n) is 3.88. The van der Waals surface area contributed by atoms with Crippen LogP contribution in [0.1, 0.15) is 29.1 Å². The summed E-state index contributed by atoms with van der Waals surface area (Å²) in [6, 6.07) is 2.69. The number of alkyl halides is 3. The van der Waals surface area contributed by atoms with Gasteiger partial charge in [-0.25, -0.2) is 9.78 Å². The van der Waals surface area contributed by atoms with Crippen molar-refractivity contribution >= 4 is 29.5 Å². The van der Waals surface area contributed by atoms with E-state index in [1.165, 1.54) is 22.1 Å². The number of anilines is 3. The van der Waals surface area contributed by atoms with Crippen LogP contribution in [0.5, 0.6) is 0 Å². The summed E-state index contributed by atoms with van der Waals surface area (Å²) < 4.78 is 45.7. The lowest BCUT2D eigenvalue weighted by Crippen LogP contribution is -2.48. The Labute approximate surface area is 191 Å². The van der Waals surface area contributed by atoms with E-state index in [1.807, 2.05) is 4.90 Å². The molecule has 0 bridgehead atoms. The minimum Gasteiger partial charge on any atom is -0.465 e. The first-order valence-electron chi connectivity index (χ1n) is 10.6. The maximum atomic E-state index is 13.5. The third-order valence-corrected chi connectivity index (χ3v) is 5.64. The Bertz CT molecular complexity index is 1040. The highest BCUT2D eigenvalue weighted by Gasteiger charge is 2.42. The summed E-state index contributed by atoms with van der Waals surface area (Å²) in [4.78, 5) is 35.9. The van der Waals surface area contributed by atoms with Crippen molar-refractivity contribution in [1.29, 1.82) is 0 Å². The topological polar surface area (TPSA) is 135 Å². The van der Waals surface area contributed by atoms with Crippen molar-refractivity contribution in [3.8, 4) is 0 Å². The van der Waals surface area contributed by atoms with Crippen LogP contribution in [0.15, 0.2) is 22.7 Å². The largest absolute Gasteiger partial charge is 0.465 e. The highest BCUT2D eigenvalue weighted by molar-refractivity contribution is 6.03. The van der Waals surface area contributed by atoms with Gasteiger partial charge in [-0.1, -0.05) is 0 Å². The number of rotatable bonds is 4. The number of aromatic nitrogens is 2. The number of pyridine rings is 1. The third kappa shape index (κ3) is 5.16. The van der Waals surface area contributed by atoms with E-state index in [2.05, 4.69) is 15.3 Å². The van der Waals surface area contributed by atoms with Gasteiger partial charge in [-0.15, -0.1) is 0 Å². The summed E-state index contributed by atoms with van der Waals surface area (Å²) >= 11 is 0. The number of carboxylic acid groups (broad SMARTS) is 1. The molecule has 0 aliphatic carbocycles. The van der Waals surface area contributed by atoms with Crippen molar-refractivity contribution in [2.75, 3.05) is 54.4 Å². The molecule has 0 spiro atoms. The van der Waals surface area contributed by atoms with E-state index in [9.17, 15) is 27.9 Å². The van der Waals surface area contributed by atoms with Crippen LogP contribution in [0.25, 0.3) is 0 Å². The molecule has 1 unspecified atom stereocenters. The molecule has 2 aliphatic heterocycles. The van der Waals surface area contributed by atoms with E-state index >= 15 is 0 Å². The van der Waals surface area contributed by atoms with Gasteiger partial charge < -0.3 is 34.6 Å². The molecule has 2 aromatic heterocycles. The fraction of sp³-hybridized carbons (Fsp3) is 0.500. The van der Waals surface area contributed by atoms with Gasteiger partial charge >= 0.3 is 12.3 Å². The second-order valence-corrected chi connectivity index (χ2v) is 8.03. The van der Waals surface area contributed by atoms with E-state index in [-0.39, 0.29) is 18.2 Å². The fourth-order valence-corrected chi connectivity index (χ4v) is 3.88. The van der Waals surface area contributed by atoms with Gasteiger partial charge in [0.15, 0.2) is 5.69 Å². The smallest absolute Gasteiger partial charge is 0.437 e. The molecular formula is C20H23F3N6O5. The van der Waals surface area contributed by atoms with Crippen molar-refractivity contribution in [3.05, 3.63) is 29.8 Å². The number of aliphatic hydroxyl groups excluding tert-OH is 1. The lowest BCUT2D eigenvalue weighted by molar-refractivity contribution is -0.141. The zero-order chi connectivity index (χ0) is 24.5. The highest BCUT2D eigenvalue weighted by Crippen LogP contribution is 2.35. The molecule has 1 atom stereocenters. The number of carbonyl (C=O) groups excluding carboxylic acids is 1. The lowest BCUT2D eigenvalue weighted by Gasteiger charge is -2.33. The maximum Gasteiger partial charge on any atom is 0.437 e. The first-order chi connectivity index (χ1) is 16.1. The zero-order valence-electron chi connectivity index (χ0n) is 18.0. The van der Waals surface area contributed by atoms with Crippen LogP contribution in [-0.4, -0.2) is 82.5 Å². The quantitative estimate of drug-likeness (QED) is 0.596. The lowest BCUT2D eigenvalue weighted by atomic mass is 10.1. The number of oxazole rings is 1. The van der Waals surface area contributed by atoms with Gasteiger partial charge in [0.2, 0.25) is 5.76 Å². The SMILES string of the molecule is O=C(Nc1ccc(N2CCN(C(=O)O)CC2)nc1)c1oc(N2CCCC(O)C2)nc1C(F)(F)F. The van der Waals surface area contributed by atoms with Crippen LogP contribution in [-0.2, 0) is 6.18 Å². The minimum absolute atomic E-state index is 0.0605. The average Bonchev–Trinajstić information content (AvgIpc) is 3.26. The summed E-state index contributed by atoms with van der Waals surface area (Å²) in [6.07, 6.45) is -4.25. The number of amides is 2. The predicted molar refractivity (Wildman–Crippen MR) is 113 cm³/mol. The van der Waals surface area contributed by atoms with Crippen LogP contribution in [0, 0.1) is 0 Å². The van der Waals surface area contributed by atoms with E-state index in [1.54, 1.807) is 6.07 Å². The molecule has 0 radical (unpaired) electrons. The van der Waals surface area contributed by atoms with Crippen molar-refractivity contribution in [1.82, 2.24) is 14.9 Å². The first kappa shape index (κ1) is 23.6. The Kier molecular flexibility index (Phi) is 6.50. The molecule has 2 fully saturated rings. The maximum absolute atomic E-state index is 13.5. The number of β-amino-alcohol motifs (C(OH)–C–C–N with tert-alkyl or cyclic N) is 1. The van der Waals surface area contributed by atoms with Gasteiger partial charge in [-0.05, 0) is 25.0 Å². The number of nitrogens with one attached hydrogen (secondary N) is 1. The molecule has 2 aliphatic rings. The van der Waals surface area contributed by atoms with Crippen molar-refractivity contribution in [3.63, 3.8) is 0 Å². The Hall–Kier alpha value is -3.55. The van der Waals surface area contributed by atoms with Gasteiger partial charge in [-0.2, -0.15) is 18.2 Å². The van der Waals surface area contributed by atoms with Crippen LogP contribution in [0.3, 0.4) is 0 Å². The van der Waals surface area contributed by atoms with Crippen LogP contribution in [0.2, 0.25) is 0 Å². The molecule has 4 heterocycles. The van der Waals surface area contributed by atoms with Crippen molar-refractivity contribution < 1.29 is 37.4 Å². The number of hydrogen-bond acceptors (Lipinski definition) is 8. The average molecular weight is 484 g/mol. The zero-order valence-corrected chi connectivity index (χ0v) is 18.0. The predicted octanol–water partition coefficient (Wildman–Crippen LogP) is 2.10. The molecule has 14 heteroatoms. The number of piperazine rings is 1.